The normalized spacial score (nSPS) is 18.0. The monoisotopic (exact) mass is 636 g/mol. The van der Waals surface area contributed by atoms with E-state index in [0.717, 1.165) is 11.1 Å². The Kier molecular flexibility index (Phi) is 9.42. The number of hydrogen-bond acceptors (Lipinski definition) is 8. The lowest BCUT2D eigenvalue weighted by Crippen LogP contribution is -2.58. The van der Waals surface area contributed by atoms with Crippen LogP contribution in [-0.2, 0) is 28.6 Å². The summed E-state index contributed by atoms with van der Waals surface area (Å²) < 4.78 is 17.4. The summed E-state index contributed by atoms with van der Waals surface area (Å²) in [6, 6.07) is 33.4. The number of ketones is 1. The van der Waals surface area contributed by atoms with Crippen molar-refractivity contribution in [3.05, 3.63) is 143 Å². The van der Waals surface area contributed by atoms with Crippen LogP contribution in [0, 0.1) is 11.8 Å². The van der Waals surface area contributed by atoms with Gasteiger partial charge in [0, 0.05) is 17.3 Å². The summed E-state index contributed by atoms with van der Waals surface area (Å²) in [7, 11) is 0. The highest BCUT2D eigenvalue weighted by molar-refractivity contribution is 6.44. The molecule has 238 valence electrons. The van der Waals surface area contributed by atoms with Crippen molar-refractivity contribution in [1.82, 2.24) is 0 Å². The Labute approximate surface area is 279 Å². The van der Waals surface area contributed by atoms with Crippen LogP contribution in [0.4, 0.5) is 11.4 Å². The molecule has 0 amide bonds. The second kappa shape index (κ2) is 14.2. The topological polar surface area (TPSA) is 94.5 Å². The maximum absolute atomic E-state index is 14.4. The van der Waals surface area contributed by atoms with Crippen LogP contribution in [0.15, 0.2) is 126 Å². The van der Waals surface area contributed by atoms with Gasteiger partial charge in [-0.1, -0.05) is 96.9 Å². The fourth-order valence-corrected chi connectivity index (χ4v) is 5.64. The smallest absolute Gasteiger partial charge is 0.379 e. The van der Waals surface area contributed by atoms with Crippen LogP contribution >= 0.6 is 0 Å². The lowest BCUT2D eigenvalue weighted by Gasteiger charge is -2.46. The van der Waals surface area contributed by atoms with Crippen LogP contribution in [0.1, 0.15) is 36.1 Å². The number of benzene rings is 4. The second-order valence-corrected chi connectivity index (χ2v) is 10.8. The SMILES string of the molecule is CCOC(=O)C(=O)C1=C(c2ccccc2)N2c3cccc(N=Cc4ccccc4)c3C=CC2OC1(C#Cc1ccccc1)C(=O)OCC. The predicted octanol–water partition coefficient (Wildman–Crippen LogP) is 6.52. The van der Waals surface area contributed by atoms with Crippen molar-refractivity contribution >= 4 is 47.1 Å². The maximum atomic E-state index is 14.4. The summed E-state index contributed by atoms with van der Waals surface area (Å²) >= 11 is 0. The van der Waals surface area contributed by atoms with Crippen LogP contribution in [0.3, 0.4) is 0 Å². The zero-order valence-electron chi connectivity index (χ0n) is 26.5. The molecule has 0 bridgehead atoms. The standard InChI is InChI=1S/C40H32N2O6/c1-3-46-38(44)37(43)35-36(30-19-12-7-13-20-30)42-33-22-14-21-32(41-27-29-17-10-6-11-18-29)31(33)23-24-34(42)48-40(35,39(45)47-4-2)26-25-28-15-8-5-9-16-28/h5-24,27,34H,3-4H2,1-2H3. The van der Waals surface area contributed by atoms with Gasteiger partial charge in [-0.05, 0) is 61.2 Å². The van der Waals surface area contributed by atoms with E-state index in [1.54, 1.807) is 67.4 Å². The summed E-state index contributed by atoms with van der Waals surface area (Å²) in [6.45, 7) is 3.17. The number of ether oxygens (including phenoxy) is 3. The van der Waals surface area contributed by atoms with E-state index >= 15 is 0 Å². The number of fused-ring (bicyclic) bond motifs is 3. The van der Waals surface area contributed by atoms with E-state index in [1.807, 2.05) is 78.9 Å². The van der Waals surface area contributed by atoms with Crippen LogP contribution in [0.2, 0.25) is 0 Å². The molecule has 2 atom stereocenters. The molecule has 2 aliphatic heterocycles. The van der Waals surface area contributed by atoms with Gasteiger partial charge >= 0.3 is 11.9 Å². The minimum atomic E-state index is -2.30. The predicted molar refractivity (Wildman–Crippen MR) is 184 cm³/mol. The quantitative estimate of drug-likeness (QED) is 0.0941. The highest BCUT2D eigenvalue weighted by Gasteiger charge is 2.57. The Morgan fingerprint density at radius 1 is 0.854 bits per heavy atom. The molecule has 0 saturated carbocycles. The first-order valence-electron chi connectivity index (χ1n) is 15.6. The molecule has 2 aliphatic rings. The lowest BCUT2D eigenvalue weighted by atomic mass is 9.83. The first-order valence-corrected chi connectivity index (χ1v) is 15.6. The molecular formula is C40H32N2O6. The average molecular weight is 637 g/mol. The van der Waals surface area contributed by atoms with E-state index in [2.05, 4.69) is 11.8 Å². The molecule has 0 radical (unpaired) electrons. The molecular weight excluding hydrogens is 604 g/mol. The van der Waals surface area contributed by atoms with E-state index in [0.29, 0.717) is 22.5 Å². The minimum Gasteiger partial charge on any atom is -0.463 e. The van der Waals surface area contributed by atoms with Crippen molar-refractivity contribution in [2.45, 2.75) is 25.7 Å². The largest absolute Gasteiger partial charge is 0.463 e. The zero-order chi connectivity index (χ0) is 33.5. The van der Waals surface area contributed by atoms with E-state index in [4.69, 9.17) is 19.2 Å². The van der Waals surface area contributed by atoms with Gasteiger partial charge in [0.05, 0.1) is 35.9 Å². The van der Waals surface area contributed by atoms with Crippen molar-refractivity contribution in [3.8, 4) is 11.8 Å². The Morgan fingerprint density at radius 3 is 2.21 bits per heavy atom. The van der Waals surface area contributed by atoms with Gasteiger partial charge in [-0.2, -0.15) is 0 Å². The highest BCUT2D eigenvalue weighted by Crippen LogP contribution is 2.48. The average Bonchev–Trinajstić information content (AvgIpc) is 3.13. The van der Waals surface area contributed by atoms with Crippen molar-refractivity contribution in [2.24, 2.45) is 4.99 Å². The van der Waals surface area contributed by atoms with Gasteiger partial charge in [-0.15, -0.1) is 0 Å². The number of carbonyl (C=O) groups excluding carboxylic acids is 3. The minimum absolute atomic E-state index is 0.0195. The Morgan fingerprint density at radius 2 is 1.52 bits per heavy atom. The Bertz CT molecular complexity index is 1990. The van der Waals surface area contributed by atoms with Crippen LogP contribution < -0.4 is 4.90 Å². The summed E-state index contributed by atoms with van der Waals surface area (Å²) in [5.74, 6) is 2.82. The number of esters is 2. The number of aliphatic imine (C=N–C) groups is 1. The molecule has 8 heteroatoms. The third-order valence-electron chi connectivity index (χ3n) is 7.74. The van der Waals surface area contributed by atoms with Gasteiger partial charge in [0.25, 0.3) is 11.4 Å². The van der Waals surface area contributed by atoms with Crippen LogP contribution in [-0.4, -0.2) is 49.0 Å². The number of Topliss-reactive ketones (excluding diaryl/α,β-unsaturated/α-hetero) is 1. The van der Waals surface area contributed by atoms with Crippen molar-refractivity contribution in [1.29, 1.82) is 0 Å². The second-order valence-electron chi connectivity index (χ2n) is 10.8. The lowest BCUT2D eigenvalue weighted by molar-refractivity contribution is -0.166. The third-order valence-corrected chi connectivity index (χ3v) is 7.74. The number of carbonyl (C=O) groups is 3. The van der Waals surface area contributed by atoms with Crippen molar-refractivity contribution < 1.29 is 28.6 Å². The van der Waals surface area contributed by atoms with Crippen LogP contribution in [0.5, 0.6) is 0 Å². The molecule has 0 fully saturated rings. The number of hydrogen-bond donors (Lipinski definition) is 0. The molecule has 2 heterocycles. The Hall–Kier alpha value is -6.04. The van der Waals surface area contributed by atoms with Crippen molar-refractivity contribution in [3.63, 3.8) is 0 Å². The molecule has 0 aliphatic carbocycles. The summed E-state index contributed by atoms with van der Waals surface area (Å²) in [6.07, 6.45) is 4.48. The fraction of sp³-hybridized carbons (Fsp3) is 0.150. The molecule has 0 aromatic heterocycles. The molecule has 4 aromatic rings. The summed E-state index contributed by atoms with van der Waals surface area (Å²) in [4.78, 5) is 48.4. The van der Waals surface area contributed by atoms with Crippen LogP contribution in [0.25, 0.3) is 11.8 Å². The van der Waals surface area contributed by atoms with Crippen molar-refractivity contribution in [2.75, 3.05) is 18.1 Å². The van der Waals surface area contributed by atoms with Gasteiger partial charge in [-0.25, -0.2) is 9.59 Å². The molecule has 4 aromatic carbocycles. The summed E-state index contributed by atoms with van der Waals surface area (Å²) in [5, 5.41) is 0. The first-order chi connectivity index (χ1) is 23.5. The van der Waals surface area contributed by atoms with Gasteiger partial charge in [0.15, 0.2) is 6.23 Å². The van der Waals surface area contributed by atoms with E-state index in [-0.39, 0.29) is 24.5 Å². The maximum Gasteiger partial charge on any atom is 0.379 e. The fourth-order valence-electron chi connectivity index (χ4n) is 5.64. The van der Waals surface area contributed by atoms with Gasteiger partial charge in [0.1, 0.15) is 0 Å². The van der Waals surface area contributed by atoms with E-state index in [1.165, 1.54) is 0 Å². The van der Waals surface area contributed by atoms with Gasteiger partial charge in [0.2, 0.25) is 0 Å². The van der Waals surface area contributed by atoms with Gasteiger partial charge in [-0.3, -0.25) is 9.79 Å². The molecule has 48 heavy (non-hydrogen) atoms. The Balaban J connectivity index is 1.65. The number of anilines is 1. The first kappa shape index (κ1) is 31.9. The molecule has 6 rings (SSSR count). The molecule has 0 saturated heterocycles. The molecule has 0 N–H and O–H groups in total. The molecule has 8 nitrogen and oxygen atoms in total. The highest BCUT2D eigenvalue weighted by atomic mass is 16.6. The van der Waals surface area contributed by atoms with Gasteiger partial charge < -0.3 is 19.1 Å². The summed E-state index contributed by atoms with van der Waals surface area (Å²) in [5.41, 5.74) is 1.77. The van der Waals surface area contributed by atoms with E-state index < -0.39 is 29.6 Å². The number of rotatable bonds is 8. The molecule has 2 unspecified atom stereocenters. The van der Waals surface area contributed by atoms with E-state index in [9.17, 15) is 14.4 Å². The molecule has 0 spiro atoms. The third kappa shape index (κ3) is 6.19. The number of nitrogens with zero attached hydrogens (tertiary/aromatic N) is 2. The zero-order valence-corrected chi connectivity index (χ0v) is 26.5.